The maximum Gasteiger partial charge on any atom is 0.263 e. The Morgan fingerprint density at radius 1 is 1.45 bits per heavy atom. The zero-order chi connectivity index (χ0) is 14.6. The molecule has 1 aliphatic rings. The number of rotatable bonds is 4. The second kappa shape index (κ2) is 6.65. The van der Waals surface area contributed by atoms with E-state index in [9.17, 15) is 4.79 Å². The highest BCUT2D eigenvalue weighted by molar-refractivity contribution is 7.13. The van der Waals surface area contributed by atoms with Crippen LogP contribution in [0.3, 0.4) is 0 Å². The van der Waals surface area contributed by atoms with E-state index >= 15 is 0 Å². The van der Waals surface area contributed by atoms with E-state index < -0.39 is 0 Å². The van der Waals surface area contributed by atoms with Crippen LogP contribution < -0.4 is 5.32 Å². The van der Waals surface area contributed by atoms with Gasteiger partial charge in [-0.3, -0.25) is 9.69 Å². The van der Waals surface area contributed by atoms with Gasteiger partial charge >= 0.3 is 0 Å². The summed E-state index contributed by atoms with van der Waals surface area (Å²) < 4.78 is 5.30. The van der Waals surface area contributed by atoms with E-state index in [1.54, 1.807) is 6.20 Å². The van der Waals surface area contributed by atoms with Crippen LogP contribution in [0.15, 0.2) is 6.20 Å². The van der Waals surface area contributed by atoms with Crippen molar-refractivity contribution in [1.29, 1.82) is 0 Å². The predicted octanol–water partition coefficient (Wildman–Crippen LogP) is 1.50. The fourth-order valence-electron chi connectivity index (χ4n) is 1.97. The highest BCUT2D eigenvalue weighted by atomic mass is 32.1. The first-order chi connectivity index (χ1) is 9.47. The van der Waals surface area contributed by atoms with Gasteiger partial charge in [-0.2, -0.15) is 0 Å². The smallest absolute Gasteiger partial charge is 0.263 e. The molecule has 1 amide bonds. The van der Waals surface area contributed by atoms with Crippen LogP contribution in [0.5, 0.6) is 0 Å². The summed E-state index contributed by atoms with van der Waals surface area (Å²) in [4.78, 5) is 19.4. The van der Waals surface area contributed by atoms with E-state index in [2.05, 4.69) is 36.0 Å². The quantitative estimate of drug-likeness (QED) is 0.915. The minimum absolute atomic E-state index is 0.00298. The summed E-state index contributed by atoms with van der Waals surface area (Å²) in [5.41, 5.74) is -0.00298. The van der Waals surface area contributed by atoms with Crippen LogP contribution in [-0.4, -0.2) is 55.2 Å². The summed E-state index contributed by atoms with van der Waals surface area (Å²) >= 11 is 1.48. The number of nitrogens with one attached hydrogen (secondary N) is 1. The summed E-state index contributed by atoms with van der Waals surface area (Å²) in [6.45, 7) is 11.3. The summed E-state index contributed by atoms with van der Waals surface area (Å²) in [6.07, 6.45) is 1.68. The van der Waals surface area contributed by atoms with Gasteiger partial charge < -0.3 is 10.1 Å². The number of aromatic nitrogens is 1. The molecular formula is C14H23N3O2S. The number of nitrogens with zero attached hydrogens (tertiary/aromatic N) is 2. The van der Waals surface area contributed by atoms with Crippen molar-refractivity contribution < 1.29 is 9.53 Å². The minimum atomic E-state index is -0.0220. The Morgan fingerprint density at radius 3 is 2.75 bits per heavy atom. The van der Waals surface area contributed by atoms with Crippen LogP contribution in [0.25, 0.3) is 0 Å². The number of ether oxygens (including phenoxy) is 1. The predicted molar refractivity (Wildman–Crippen MR) is 80.4 cm³/mol. The standard InChI is InChI=1S/C14H23N3O2S/c1-14(2,3)13-16-10-11(20-13)12(18)15-4-5-17-6-8-19-9-7-17/h10H,4-9H2,1-3H3,(H,15,18). The van der Waals surface area contributed by atoms with Crippen LogP contribution in [0.4, 0.5) is 0 Å². The zero-order valence-corrected chi connectivity index (χ0v) is 13.3. The van der Waals surface area contributed by atoms with Gasteiger partial charge in [0.15, 0.2) is 0 Å². The molecule has 1 aromatic rings. The molecule has 0 unspecified atom stereocenters. The topological polar surface area (TPSA) is 54.5 Å². The van der Waals surface area contributed by atoms with Crippen molar-refractivity contribution in [2.24, 2.45) is 0 Å². The van der Waals surface area contributed by atoms with Gasteiger partial charge in [-0.05, 0) is 0 Å². The second-order valence-electron chi connectivity index (χ2n) is 5.99. The second-order valence-corrected chi connectivity index (χ2v) is 7.02. The number of carbonyl (C=O) groups excluding carboxylic acids is 1. The molecule has 20 heavy (non-hydrogen) atoms. The van der Waals surface area contributed by atoms with Crippen LogP contribution in [-0.2, 0) is 10.2 Å². The van der Waals surface area contributed by atoms with Crippen molar-refractivity contribution in [2.75, 3.05) is 39.4 Å². The molecule has 112 valence electrons. The molecule has 0 spiro atoms. The third kappa shape index (κ3) is 4.26. The average Bonchev–Trinajstić information content (AvgIpc) is 2.89. The van der Waals surface area contributed by atoms with E-state index in [1.807, 2.05) is 0 Å². The number of amides is 1. The van der Waals surface area contributed by atoms with Gasteiger partial charge in [0.2, 0.25) is 0 Å². The fraction of sp³-hybridized carbons (Fsp3) is 0.714. The Kier molecular flexibility index (Phi) is 5.12. The minimum Gasteiger partial charge on any atom is -0.379 e. The lowest BCUT2D eigenvalue weighted by molar-refractivity contribution is 0.0383. The summed E-state index contributed by atoms with van der Waals surface area (Å²) in [5, 5.41) is 3.96. The van der Waals surface area contributed by atoms with E-state index in [1.165, 1.54) is 11.3 Å². The van der Waals surface area contributed by atoms with Crippen LogP contribution in [0.2, 0.25) is 0 Å². The van der Waals surface area contributed by atoms with Gasteiger partial charge in [-0.1, -0.05) is 20.8 Å². The van der Waals surface area contributed by atoms with Gasteiger partial charge in [0.05, 0.1) is 24.4 Å². The fourth-order valence-corrected chi connectivity index (χ4v) is 2.86. The number of morpholine rings is 1. The van der Waals surface area contributed by atoms with Crippen molar-refractivity contribution in [2.45, 2.75) is 26.2 Å². The van der Waals surface area contributed by atoms with Crippen molar-refractivity contribution in [3.05, 3.63) is 16.1 Å². The molecule has 0 saturated carbocycles. The molecule has 1 aromatic heterocycles. The van der Waals surface area contributed by atoms with E-state index in [-0.39, 0.29) is 11.3 Å². The van der Waals surface area contributed by atoms with E-state index in [0.29, 0.717) is 11.4 Å². The summed E-state index contributed by atoms with van der Waals surface area (Å²) in [7, 11) is 0. The first kappa shape index (κ1) is 15.4. The first-order valence-electron chi connectivity index (χ1n) is 7.01. The molecule has 2 rings (SSSR count). The first-order valence-corrected chi connectivity index (χ1v) is 7.83. The van der Waals surface area contributed by atoms with Gasteiger partial charge in [-0.25, -0.2) is 4.98 Å². The molecule has 2 heterocycles. The summed E-state index contributed by atoms with van der Waals surface area (Å²) in [6, 6.07) is 0. The SMILES string of the molecule is CC(C)(C)c1ncc(C(=O)NCCN2CCOCC2)s1. The third-order valence-electron chi connectivity index (χ3n) is 3.19. The Balaban J connectivity index is 1.78. The number of hydrogen-bond donors (Lipinski definition) is 1. The van der Waals surface area contributed by atoms with Gasteiger partial charge in [0.1, 0.15) is 4.88 Å². The Labute approximate surface area is 124 Å². The molecule has 0 bridgehead atoms. The molecule has 6 heteroatoms. The van der Waals surface area contributed by atoms with Gasteiger partial charge in [0, 0.05) is 31.6 Å². The number of hydrogen-bond acceptors (Lipinski definition) is 5. The van der Waals surface area contributed by atoms with Crippen molar-refractivity contribution in [3.63, 3.8) is 0 Å². The number of carbonyl (C=O) groups is 1. The Bertz CT molecular complexity index is 448. The molecule has 1 saturated heterocycles. The molecule has 0 aliphatic carbocycles. The van der Waals surface area contributed by atoms with Crippen LogP contribution in [0.1, 0.15) is 35.5 Å². The highest BCUT2D eigenvalue weighted by Gasteiger charge is 2.20. The lowest BCUT2D eigenvalue weighted by Crippen LogP contribution is -2.41. The van der Waals surface area contributed by atoms with E-state index in [0.717, 1.165) is 37.9 Å². The molecule has 0 aromatic carbocycles. The van der Waals surface area contributed by atoms with Crippen molar-refractivity contribution >= 4 is 17.2 Å². The molecule has 0 radical (unpaired) electrons. The van der Waals surface area contributed by atoms with Crippen molar-refractivity contribution in [3.8, 4) is 0 Å². The monoisotopic (exact) mass is 297 g/mol. The normalized spacial score (nSPS) is 17.1. The Hall–Kier alpha value is -0.980. The third-order valence-corrected chi connectivity index (χ3v) is 4.61. The molecule has 0 atom stereocenters. The molecular weight excluding hydrogens is 274 g/mol. The van der Waals surface area contributed by atoms with Gasteiger partial charge in [-0.15, -0.1) is 11.3 Å². The average molecular weight is 297 g/mol. The summed E-state index contributed by atoms with van der Waals surface area (Å²) in [5.74, 6) is -0.0220. The zero-order valence-electron chi connectivity index (χ0n) is 12.4. The number of thiazole rings is 1. The van der Waals surface area contributed by atoms with Gasteiger partial charge in [0.25, 0.3) is 5.91 Å². The van der Waals surface area contributed by atoms with Crippen molar-refractivity contribution in [1.82, 2.24) is 15.2 Å². The maximum atomic E-state index is 12.0. The maximum absolute atomic E-state index is 12.0. The van der Waals surface area contributed by atoms with Crippen LogP contribution >= 0.6 is 11.3 Å². The highest BCUT2D eigenvalue weighted by Crippen LogP contribution is 2.26. The lowest BCUT2D eigenvalue weighted by atomic mass is 9.98. The molecule has 1 fully saturated rings. The van der Waals surface area contributed by atoms with E-state index in [4.69, 9.17) is 4.74 Å². The van der Waals surface area contributed by atoms with Crippen LogP contribution in [0, 0.1) is 0 Å². The lowest BCUT2D eigenvalue weighted by Gasteiger charge is -2.26. The molecule has 5 nitrogen and oxygen atoms in total. The molecule has 1 aliphatic heterocycles. The molecule has 1 N–H and O–H groups in total. The largest absolute Gasteiger partial charge is 0.379 e. The Morgan fingerprint density at radius 2 is 2.15 bits per heavy atom.